The van der Waals surface area contributed by atoms with Crippen molar-refractivity contribution < 1.29 is 9.59 Å². The lowest BCUT2D eigenvalue weighted by atomic mass is 10.1. The highest BCUT2D eigenvalue weighted by atomic mass is 16.2. The van der Waals surface area contributed by atoms with Crippen LogP contribution in [0.1, 0.15) is 28.9 Å². The van der Waals surface area contributed by atoms with Crippen LogP contribution in [-0.2, 0) is 0 Å². The van der Waals surface area contributed by atoms with Gasteiger partial charge in [-0.2, -0.15) is 0 Å². The van der Waals surface area contributed by atoms with Gasteiger partial charge in [-0.25, -0.2) is 4.79 Å². The Morgan fingerprint density at radius 1 is 1.29 bits per heavy atom. The van der Waals surface area contributed by atoms with Crippen molar-refractivity contribution in [1.82, 2.24) is 20.1 Å². The number of nitrogens with zero attached hydrogens (tertiary/aromatic N) is 2. The molecule has 1 aliphatic rings. The van der Waals surface area contributed by atoms with Crippen LogP contribution >= 0.6 is 0 Å². The first-order valence-corrected chi connectivity index (χ1v) is 8.30. The minimum atomic E-state index is -0.115. The van der Waals surface area contributed by atoms with Crippen LogP contribution < -0.4 is 5.32 Å². The Labute approximate surface area is 141 Å². The number of hydrogen-bond acceptors (Lipinski definition) is 2. The number of fused-ring (bicyclic) bond motifs is 1. The number of amides is 3. The highest BCUT2D eigenvalue weighted by molar-refractivity contribution is 5.98. The Balaban J connectivity index is 1.72. The van der Waals surface area contributed by atoms with Crippen molar-refractivity contribution >= 4 is 22.8 Å². The molecule has 24 heavy (non-hydrogen) atoms. The predicted octanol–water partition coefficient (Wildman–Crippen LogP) is 2.35. The molecule has 1 aromatic heterocycles. The van der Waals surface area contributed by atoms with E-state index in [0.717, 1.165) is 30.3 Å². The Kier molecular flexibility index (Phi) is 4.46. The minimum absolute atomic E-state index is 0.00391. The van der Waals surface area contributed by atoms with Gasteiger partial charge in [0.2, 0.25) is 0 Å². The van der Waals surface area contributed by atoms with E-state index in [-0.39, 0.29) is 18.0 Å². The van der Waals surface area contributed by atoms with Crippen LogP contribution in [-0.4, -0.2) is 59.9 Å². The zero-order chi connectivity index (χ0) is 17.3. The van der Waals surface area contributed by atoms with Gasteiger partial charge in [-0.05, 0) is 38.0 Å². The van der Waals surface area contributed by atoms with E-state index in [9.17, 15) is 9.59 Å². The molecule has 0 spiro atoms. The van der Waals surface area contributed by atoms with Crippen LogP contribution in [0.2, 0.25) is 0 Å². The zero-order valence-corrected chi connectivity index (χ0v) is 14.4. The molecule has 1 unspecified atom stereocenters. The number of carbonyl (C=O) groups excluding carboxylic acids is 2. The maximum Gasteiger partial charge on any atom is 0.317 e. The molecule has 2 N–H and O–H groups in total. The average Bonchev–Trinajstić information content (AvgIpc) is 2.97. The summed E-state index contributed by atoms with van der Waals surface area (Å²) in [5.74, 6) is -0.00680. The monoisotopic (exact) mass is 328 g/mol. The summed E-state index contributed by atoms with van der Waals surface area (Å²) in [5.41, 5.74) is 2.75. The van der Waals surface area contributed by atoms with Crippen LogP contribution in [0.4, 0.5) is 4.79 Å². The highest BCUT2D eigenvalue weighted by Crippen LogP contribution is 2.20. The molecule has 3 amide bonds. The third-order valence-electron chi connectivity index (χ3n) is 4.45. The summed E-state index contributed by atoms with van der Waals surface area (Å²) >= 11 is 0. The number of aryl methyl sites for hydroxylation is 1. The van der Waals surface area contributed by atoms with Crippen LogP contribution in [0.25, 0.3) is 10.9 Å². The van der Waals surface area contributed by atoms with Crippen molar-refractivity contribution in [3.05, 3.63) is 35.5 Å². The second-order valence-electron chi connectivity index (χ2n) is 6.71. The Hall–Kier alpha value is -2.50. The number of carbonyl (C=O) groups is 2. The highest BCUT2D eigenvalue weighted by Gasteiger charge is 2.26. The van der Waals surface area contributed by atoms with Gasteiger partial charge in [-0.3, -0.25) is 4.79 Å². The number of likely N-dealkylation sites (tertiary alicyclic amines) is 1. The third kappa shape index (κ3) is 3.37. The molecule has 0 aliphatic carbocycles. The number of H-pyrrole nitrogens is 1. The maximum absolute atomic E-state index is 12.8. The number of piperidine rings is 1. The van der Waals surface area contributed by atoms with Crippen LogP contribution in [0, 0.1) is 6.92 Å². The molecule has 1 atom stereocenters. The van der Waals surface area contributed by atoms with E-state index in [0.29, 0.717) is 12.2 Å². The van der Waals surface area contributed by atoms with Gasteiger partial charge in [0, 0.05) is 44.1 Å². The van der Waals surface area contributed by atoms with Crippen LogP contribution in [0.3, 0.4) is 0 Å². The van der Waals surface area contributed by atoms with Gasteiger partial charge < -0.3 is 20.1 Å². The zero-order valence-electron chi connectivity index (χ0n) is 14.4. The molecule has 6 heteroatoms. The lowest BCUT2D eigenvalue weighted by Gasteiger charge is -2.33. The first-order valence-electron chi connectivity index (χ1n) is 8.30. The molecule has 1 aromatic carbocycles. The molecule has 0 saturated carbocycles. The van der Waals surface area contributed by atoms with Crippen molar-refractivity contribution in [2.75, 3.05) is 27.2 Å². The second kappa shape index (κ2) is 6.55. The van der Waals surface area contributed by atoms with Gasteiger partial charge >= 0.3 is 6.03 Å². The van der Waals surface area contributed by atoms with Gasteiger partial charge in [-0.15, -0.1) is 0 Å². The molecule has 2 aromatic rings. The Bertz CT molecular complexity index is 765. The number of benzene rings is 1. The van der Waals surface area contributed by atoms with Crippen LogP contribution in [0.15, 0.2) is 24.3 Å². The number of rotatable bonds is 2. The van der Waals surface area contributed by atoms with Crippen molar-refractivity contribution in [3.63, 3.8) is 0 Å². The summed E-state index contributed by atoms with van der Waals surface area (Å²) in [6.07, 6.45) is 1.79. The maximum atomic E-state index is 12.8. The first kappa shape index (κ1) is 16.4. The van der Waals surface area contributed by atoms with E-state index < -0.39 is 0 Å². The van der Waals surface area contributed by atoms with Crippen LogP contribution in [0.5, 0.6) is 0 Å². The smallest absolute Gasteiger partial charge is 0.317 e. The van der Waals surface area contributed by atoms with Gasteiger partial charge in [0.25, 0.3) is 5.91 Å². The molecule has 128 valence electrons. The predicted molar refractivity (Wildman–Crippen MR) is 94.2 cm³/mol. The van der Waals surface area contributed by atoms with E-state index in [1.165, 1.54) is 10.5 Å². The fourth-order valence-corrected chi connectivity index (χ4v) is 3.12. The van der Waals surface area contributed by atoms with Gasteiger partial charge in [0.05, 0.1) is 0 Å². The first-order chi connectivity index (χ1) is 11.4. The number of urea groups is 1. The van der Waals surface area contributed by atoms with Crippen molar-refractivity contribution in [1.29, 1.82) is 0 Å². The number of aromatic nitrogens is 1. The molecule has 6 nitrogen and oxygen atoms in total. The fourth-order valence-electron chi connectivity index (χ4n) is 3.12. The van der Waals surface area contributed by atoms with E-state index in [4.69, 9.17) is 0 Å². The standard InChI is InChI=1S/C18H24N4O2/c1-12-6-7-15-13(9-12)10-16(20-15)17(23)22-8-4-5-14(11-22)19-18(24)21(2)3/h6-7,9-10,14,20H,4-5,8,11H2,1-3H3,(H,19,24). The lowest BCUT2D eigenvalue weighted by molar-refractivity contribution is 0.0691. The number of aromatic amines is 1. The summed E-state index contributed by atoms with van der Waals surface area (Å²) in [7, 11) is 3.43. The van der Waals surface area contributed by atoms with E-state index >= 15 is 0 Å². The quantitative estimate of drug-likeness (QED) is 0.888. The molecule has 2 heterocycles. The number of nitrogens with one attached hydrogen (secondary N) is 2. The molecular weight excluding hydrogens is 304 g/mol. The molecule has 0 bridgehead atoms. The largest absolute Gasteiger partial charge is 0.351 e. The van der Waals surface area contributed by atoms with Crippen molar-refractivity contribution in [2.45, 2.75) is 25.8 Å². The minimum Gasteiger partial charge on any atom is -0.351 e. The van der Waals surface area contributed by atoms with E-state index in [2.05, 4.69) is 16.4 Å². The molecule has 3 rings (SSSR count). The van der Waals surface area contributed by atoms with E-state index in [1.54, 1.807) is 14.1 Å². The average molecular weight is 328 g/mol. The second-order valence-corrected chi connectivity index (χ2v) is 6.71. The van der Waals surface area contributed by atoms with E-state index in [1.807, 2.05) is 30.0 Å². The van der Waals surface area contributed by atoms with Gasteiger partial charge in [0.15, 0.2) is 0 Å². The Morgan fingerprint density at radius 3 is 2.83 bits per heavy atom. The molecule has 1 fully saturated rings. The Morgan fingerprint density at radius 2 is 2.08 bits per heavy atom. The molecule has 0 radical (unpaired) electrons. The molecule has 1 saturated heterocycles. The van der Waals surface area contributed by atoms with Gasteiger partial charge in [0.1, 0.15) is 5.69 Å². The summed E-state index contributed by atoms with van der Waals surface area (Å²) in [6, 6.07) is 7.89. The molecule has 1 aliphatic heterocycles. The summed E-state index contributed by atoms with van der Waals surface area (Å²) < 4.78 is 0. The lowest BCUT2D eigenvalue weighted by Crippen LogP contribution is -2.51. The van der Waals surface area contributed by atoms with Crippen molar-refractivity contribution in [3.8, 4) is 0 Å². The molecular formula is C18H24N4O2. The topological polar surface area (TPSA) is 68.4 Å². The summed E-state index contributed by atoms with van der Waals surface area (Å²) in [6.45, 7) is 3.31. The number of hydrogen-bond donors (Lipinski definition) is 2. The SMILES string of the molecule is Cc1ccc2[nH]c(C(=O)N3CCCC(NC(=O)N(C)C)C3)cc2c1. The fraction of sp³-hybridized carbons (Fsp3) is 0.444. The third-order valence-corrected chi connectivity index (χ3v) is 4.45. The van der Waals surface area contributed by atoms with Crippen molar-refractivity contribution in [2.24, 2.45) is 0 Å². The van der Waals surface area contributed by atoms with Gasteiger partial charge in [-0.1, -0.05) is 11.6 Å². The summed E-state index contributed by atoms with van der Waals surface area (Å²) in [4.78, 5) is 31.1. The summed E-state index contributed by atoms with van der Waals surface area (Å²) in [5, 5.41) is 4.02. The normalized spacial score (nSPS) is 17.8.